The maximum Gasteiger partial charge on any atom is 0.329 e. The Balaban J connectivity index is 4.61. The van der Waals surface area contributed by atoms with Gasteiger partial charge in [0.25, 0.3) is 0 Å². The van der Waals surface area contributed by atoms with E-state index in [0.717, 1.165) is 0 Å². The van der Waals surface area contributed by atoms with Crippen molar-refractivity contribution >= 4 is 35.7 Å². The van der Waals surface area contributed by atoms with Crippen LogP contribution in [-0.4, -0.2) is 86.0 Å². The molecule has 0 saturated carbocycles. The quantitative estimate of drug-likeness (QED) is 0.226. The molecule has 11 nitrogen and oxygen atoms in total. The molecular formula is C18H31N5O6. The SMILES string of the molecule is CN(C)CC(=O)NCC(=O)NCC(=O)N[C@@H](CCC(=O)C=N)C(=O)OC(C)(C)C. The zero-order valence-electron chi connectivity index (χ0n) is 17.6. The first kappa shape index (κ1) is 26.2. The van der Waals surface area contributed by atoms with Crippen LogP contribution in [0.2, 0.25) is 0 Å². The molecule has 0 radical (unpaired) electrons. The van der Waals surface area contributed by atoms with Crippen molar-refractivity contribution in [2.45, 2.75) is 45.3 Å². The largest absolute Gasteiger partial charge is 0.458 e. The minimum atomic E-state index is -1.10. The normalized spacial score (nSPS) is 11.9. The van der Waals surface area contributed by atoms with E-state index < -0.39 is 41.8 Å². The summed E-state index contributed by atoms with van der Waals surface area (Å²) in [6.45, 7) is 4.41. The van der Waals surface area contributed by atoms with Gasteiger partial charge in [-0.05, 0) is 41.3 Å². The van der Waals surface area contributed by atoms with Crippen molar-refractivity contribution in [2.75, 3.05) is 33.7 Å². The number of hydrogen-bond acceptors (Lipinski definition) is 8. The first-order valence-electron chi connectivity index (χ1n) is 9.07. The number of esters is 1. The van der Waals surface area contributed by atoms with Gasteiger partial charge in [-0.1, -0.05) is 0 Å². The molecule has 11 heteroatoms. The lowest BCUT2D eigenvalue weighted by Crippen LogP contribution is -2.49. The molecule has 0 aromatic heterocycles. The van der Waals surface area contributed by atoms with Gasteiger partial charge in [0.15, 0.2) is 5.78 Å². The summed E-state index contributed by atoms with van der Waals surface area (Å²) in [4.78, 5) is 60.5. The van der Waals surface area contributed by atoms with Crippen molar-refractivity contribution in [3.8, 4) is 0 Å². The van der Waals surface area contributed by atoms with Gasteiger partial charge in [0.2, 0.25) is 17.7 Å². The maximum atomic E-state index is 12.3. The molecule has 0 saturated heterocycles. The molecule has 0 aliphatic carbocycles. The van der Waals surface area contributed by atoms with Crippen molar-refractivity contribution in [1.29, 1.82) is 5.41 Å². The van der Waals surface area contributed by atoms with Gasteiger partial charge in [-0.3, -0.25) is 19.2 Å². The minimum absolute atomic E-state index is 0.0383. The minimum Gasteiger partial charge on any atom is -0.458 e. The van der Waals surface area contributed by atoms with Gasteiger partial charge in [-0.2, -0.15) is 0 Å². The zero-order chi connectivity index (χ0) is 22.6. The average Bonchev–Trinajstić information content (AvgIpc) is 2.59. The molecule has 0 aliphatic rings. The zero-order valence-corrected chi connectivity index (χ0v) is 17.6. The number of rotatable bonds is 12. The van der Waals surface area contributed by atoms with E-state index in [-0.39, 0.29) is 31.8 Å². The van der Waals surface area contributed by atoms with Crippen molar-refractivity contribution in [1.82, 2.24) is 20.9 Å². The Labute approximate surface area is 170 Å². The van der Waals surface area contributed by atoms with Crippen LogP contribution in [0.4, 0.5) is 0 Å². The molecule has 29 heavy (non-hydrogen) atoms. The Hall–Kier alpha value is -2.82. The van der Waals surface area contributed by atoms with Crippen molar-refractivity contribution < 1.29 is 28.7 Å². The fraction of sp³-hybridized carbons (Fsp3) is 0.667. The summed E-state index contributed by atoms with van der Waals surface area (Å²) in [6, 6.07) is -1.10. The van der Waals surface area contributed by atoms with Gasteiger partial charge in [-0.25, -0.2) is 4.79 Å². The van der Waals surface area contributed by atoms with E-state index in [1.165, 1.54) is 0 Å². The molecule has 0 aliphatic heterocycles. The van der Waals surface area contributed by atoms with Gasteiger partial charge >= 0.3 is 5.97 Å². The van der Waals surface area contributed by atoms with Gasteiger partial charge < -0.3 is 31.0 Å². The third-order valence-corrected chi connectivity index (χ3v) is 3.22. The van der Waals surface area contributed by atoms with Crippen LogP contribution in [0.25, 0.3) is 0 Å². The number of carbonyl (C=O) groups excluding carboxylic acids is 5. The number of ketones is 1. The summed E-state index contributed by atoms with van der Waals surface area (Å²) in [5, 5.41) is 14.1. The van der Waals surface area contributed by atoms with E-state index >= 15 is 0 Å². The van der Waals surface area contributed by atoms with E-state index in [2.05, 4.69) is 16.0 Å². The Morgan fingerprint density at radius 2 is 1.55 bits per heavy atom. The number of likely N-dealkylation sites (N-methyl/N-ethyl adjacent to an activating group) is 1. The Morgan fingerprint density at radius 3 is 2.07 bits per heavy atom. The molecule has 0 fully saturated rings. The molecule has 0 rings (SSSR count). The Kier molecular flexibility index (Phi) is 11.4. The van der Waals surface area contributed by atoms with Crippen LogP contribution in [0.3, 0.4) is 0 Å². The molecule has 4 N–H and O–H groups in total. The number of nitrogens with one attached hydrogen (secondary N) is 4. The van der Waals surface area contributed by atoms with Crippen molar-refractivity contribution in [3.63, 3.8) is 0 Å². The van der Waals surface area contributed by atoms with E-state index in [9.17, 15) is 24.0 Å². The Bertz CT molecular complexity index is 627. The Morgan fingerprint density at radius 1 is 1.00 bits per heavy atom. The summed E-state index contributed by atoms with van der Waals surface area (Å²) in [6.07, 6.45) is 0.486. The average molecular weight is 413 g/mol. The fourth-order valence-corrected chi connectivity index (χ4v) is 1.99. The maximum absolute atomic E-state index is 12.3. The number of Topliss-reactive ketones (excluding diaryl/α,β-unsaturated/α-hetero) is 1. The summed E-state index contributed by atoms with van der Waals surface area (Å²) in [7, 11) is 3.42. The number of hydrogen-bond donors (Lipinski definition) is 4. The third kappa shape index (κ3) is 13.9. The van der Waals surface area contributed by atoms with Crippen molar-refractivity contribution in [3.05, 3.63) is 0 Å². The van der Waals surface area contributed by atoms with Crippen LogP contribution in [-0.2, 0) is 28.7 Å². The molecule has 0 aromatic carbocycles. The second-order valence-electron chi connectivity index (χ2n) is 7.59. The van der Waals surface area contributed by atoms with Crippen LogP contribution >= 0.6 is 0 Å². The molecule has 0 aromatic rings. The molecular weight excluding hydrogens is 382 g/mol. The molecule has 0 heterocycles. The van der Waals surface area contributed by atoms with Crippen LogP contribution < -0.4 is 16.0 Å². The smallest absolute Gasteiger partial charge is 0.329 e. The highest BCUT2D eigenvalue weighted by Gasteiger charge is 2.27. The predicted octanol–water partition coefficient (Wildman–Crippen LogP) is -1.39. The van der Waals surface area contributed by atoms with Crippen LogP contribution in [0.15, 0.2) is 0 Å². The number of ether oxygens (including phenoxy) is 1. The van der Waals surface area contributed by atoms with Gasteiger partial charge in [0.1, 0.15) is 11.6 Å². The summed E-state index contributed by atoms with van der Waals surface area (Å²) < 4.78 is 5.23. The van der Waals surface area contributed by atoms with Crippen molar-refractivity contribution in [2.24, 2.45) is 0 Å². The highest BCUT2D eigenvalue weighted by atomic mass is 16.6. The van der Waals surface area contributed by atoms with E-state index in [1.54, 1.807) is 39.8 Å². The van der Waals surface area contributed by atoms with E-state index in [4.69, 9.17) is 10.1 Å². The second-order valence-corrected chi connectivity index (χ2v) is 7.59. The highest BCUT2D eigenvalue weighted by Crippen LogP contribution is 2.11. The standard InChI is InChI=1S/C18H31N5O6/c1-18(2,3)29-17(28)13(7-6-12(24)8-19)22-15(26)10-20-14(25)9-21-16(27)11-23(4)5/h8,13,19H,6-7,9-11H2,1-5H3,(H,20,25)(H,21,27)(H,22,26)/t13-/m0/s1. The lowest BCUT2D eigenvalue weighted by molar-refractivity contribution is -0.158. The van der Waals surface area contributed by atoms with Gasteiger partial charge in [0, 0.05) is 6.42 Å². The first-order valence-corrected chi connectivity index (χ1v) is 9.07. The van der Waals surface area contributed by atoms with Crippen LogP contribution in [0.1, 0.15) is 33.6 Å². The second kappa shape index (κ2) is 12.6. The molecule has 0 bridgehead atoms. The van der Waals surface area contributed by atoms with Crippen LogP contribution in [0, 0.1) is 5.41 Å². The van der Waals surface area contributed by atoms with Crippen LogP contribution in [0.5, 0.6) is 0 Å². The molecule has 0 spiro atoms. The molecule has 0 unspecified atom stereocenters. The summed E-state index contributed by atoms with van der Waals surface area (Å²) >= 11 is 0. The first-order chi connectivity index (χ1) is 13.3. The summed E-state index contributed by atoms with van der Waals surface area (Å²) in [5.41, 5.74) is -0.787. The number of carbonyl (C=O) groups is 5. The lowest BCUT2D eigenvalue weighted by Gasteiger charge is -2.24. The number of nitrogens with zero attached hydrogens (tertiary/aromatic N) is 1. The summed E-state index contributed by atoms with van der Waals surface area (Å²) in [5.74, 6) is -2.77. The molecule has 1 atom stereocenters. The van der Waals surface area contributed by atoms with Gasteiger partial charge in [-0.15, -0.1) is 0 Å². The lowest BCUT2D eigenvalue weighted by atomic mass is 10.1. The van der Waals surface area contributed by atoms with E-state index in [1.807, 2.05) is 0 Å². The highest BCUT2D eigenvalue weighted by molar-refractivity contribution is 6.26. The fourth-order valence-electron chi connectivity index (χ4n) is 1.99. The monoisotopic (exact) mass is 413 g/mol. The van der Waals surface area contributed by atoms with E-state index in [0.29, 0.717) is 6.21 Å². The molecule has 3 amide bonds. The topological polar surface area (TPSA) is 158 Å². The number of amides is 3. The molecule has 164 valence electrons. The van der Waals surface area contributed by atoms with Gasteiger partial charge in [0.05, 0.1) is 25.8 Å². The third-order valence-electron chi connectivity index (χ3n) is 3.22. The predicted molar refractivity (Wildman–Crippen MR) is 105 cm³/mol.